The summed E-state index contributed by atoms with van der Waals surface area (Å²) in [6, 6.07) is 11.7. The molecule has 0 fully saturated rings. The first-order chi connectivity index (χ1) is 18.1. The summed E-state index contributed by atoms with van der Waals surface area (Å²) in [5.74, 6) is -0.747. The zero-order chi connectivity index (χ0) is 27.6. The van der Waals surface area contributed by atoms with Crippen molar-refractivity contribution in [3.05, 3.63) is 85.9 Å². The predicted molar refractivity (Wildman–Crippen MR) is 147 cm³/mol. The minimum absolute atomic E-state index is 0.0843. The fourth-order valence-corrected chi connectivity index (χ4v) is 4.53. The van der Waals surface area contributed by atoms with Crippen LogP contribution in [0.2, 0.25) is 0 Å². The number of benzene rings is 2. The van der Waals surface area contributed by atoms with Gasteiger partial charge in [0, 0.05) is 44.1 Å². The fraction of sp³-hybridized carbons (Fsp3) is 0.276. The number of hydrogen-bond donors (Lipinski definition) is 2. The summed E-state index contributed by atoms with van der Waals surface area (Å²) in [7, 11) is 1.59. The van der Waals surface area contributed by atoms with Gasteiger partial charge in [-0.1, -0.05) is 18.2 Å². The molecule has 1 amide bonds. The Kier molecular flexibility index (Phi) is 7.78. The second kappa shape index (κ2) is 11.0. The third-order valence-electron chi connectivity index (χ3n) is 6.39. The Morgan fingerprint density at radius 2 is 1.87 bits per heavy atom. The van der Waals surface area contributed by atoms with Crippen LogP contribution in [-0.4, -0.2) is 24.2 Å². The van der Waals surface area contributed by atoms with E-state index in [1.54, 1.807) is 55.9 Å². The van der Waals surface area contributed by atoms with Gasteiger partial charge in [-0.25, -0.2) is 9.18 Å². The number of carbonyl (C=O) groups excluding carboxylic acids is 1. The number of hydrogen-bond acceptors (Lipinski definition) is 6. The predicted octanol–water partition coefficient (Wildman–Crippen LogP) is 5.42. The molecule has 0 aliphatic carbocycles. The molecule has 0 unspecified atom stereocenters. The van der Waals surface area contributed by atoms with Crippen LogP contribution in [0.5, 0.6) is 0 Å². The Bertz CT molecular complexity index is 1660. The zero-order valence-corrected chi connectivity index (χ0v) is 22.0. The van der Waals surface area contributed by atoms with Gasteiger partial charge in [-0.3, -0.25) is 9.59 Å². The van der Waals surface area contributed by atoms with E-state index in [4.69, 9.17) is 9.15 Å². The Balaban J connectivity index is 2.07. The fourth-order valence-electron chi connectivity index (χ4n) is 4.53. The molecule has 0 aliphatic rings. The van der Waals surface area contributed by atoms with Crippen molar-refractivity contribution in [1.82, 2.24) is 4.57 Å². The van der Waals surface area contributed by atoms with E-state index in [1.165, 1.54) is 19.9 Å². The second-order valence-electron chi connectivity index (χ2n) is 9.23. The minimum Gasteiger partial charge on any atom is -0.421 e. The summed E-state index contributed by atoms with van der Waals surface area (Å²) in [5, 5.41) is 5.88. The van der Waals surface area contributed by atoms with Crippen molar-refractivity contribution in [3.8, 4) is 11.1 Å². The maximum absolute atomic E-state index is 14.8. The van der Waals surface area contributed by atoms with Gasteiger partial charge < -0.3 is 24.4 Å². The molecule has 4 rings (SSSR count). The Morgan fingerprint density at radius 3 is 2.55 bits per heavy atom. The molecule has 9 heteroatoms. The number of anilines is 3. The van der Waals surface area contributed by atoms with Crippen LogP contribution >= 0.6 is 0 Å². The van der Waals surface area contributed by atoms with Gasteiger partial charge in [0.25, 0.3) is 5.56 Å². The van der Waals surface area contributed by atoms with Gasteiger partial charge in [-0.05, 0) is 62.6 Å². The number of carbonyl (C=O) groups is 1. The number of methoxy groups -OCH3 is 1. The average Bonchev–Trinajstić information content (AvgIpc) is 2.85. The molecule has 0 saturated heterocycles. The summed E-state index contributed by atoms with van der Waals surface area (Å²) < 4.78 is 27.4. The first-order valence-corrected chi connectivity index (χ1v) is 12.2. The molecule has 198 valence electrons. The quantitative estimate of drug-likeness (QED) is 0.301. The number of rotatable bonds is 8. The SMILES string of the molecule is COCCCn1c(C)c(-c2cccc(NC(C)=O)c2)c2oc(=O)c(C)c(Nc3ccc(C)cc3F)c2c1=O. The highest BCUT2D eigenvalue weighted by molar-refractivity contribution is 6.01. The zero-order valence-electron chi connectivity index (χ0n) is 22.0. The molecule has 2 aromatic heterocycles. The van der Waals surface area contributed by atoms with E-state index >= 15 is 0 Å². The lowest BCUT2D eigenvalue weighted by molar-refractivity contribution is -0.114. The molecule has 38 heavy (non-hydrogen) atoms. The summed E-state index contributed by atoms with van der Waals surface area (Å²) in [6.07, 6.45) is 0.569. The van der Waals surface area contributed by atoms with Crippen LogP contribution in [-0.2, 0) is 16.1 Å². The lowest BCUT2D eigenvalue weighted by atomic mass is 9.99. The number of nitrogens with zero attached hydrogens (tertiary/aromatic N) is 1. The number of aromatic nitrogens is 1. The number of ether oxygens (including phenoxy) is 1. The molecule has 0 aliphatic heterocycles. The highest BCUT2D eigenvalue weighted by Gasteiger charge is 2.24. The summed E-state index contributed by atoms with van der Waals surface area (Å²) >= 11 is 0. The van der Waals surface area contributed by atoms with Crippen molar-refractivity contribution in [2.75, 3.05) is 24.4 Å². The molecule has 0 bridgehead atoms. The summed E-state index contributed by atoms with van der Waals surface area (Å²) in [4.78, 5) is 38.6. The van der Waals surface area contributed by atoms with Crippen LogP contribution < -0.4 is 21.8 Å². The Morgan fingerprint density at radius 1 is 1.11 bits per heavy atom. The number of halogens is 1. The molecule has 0 atom stereocenters. The van der Waals surface area contributed by atoms with Crippen LogP contribution in [0.1, 0.15) is 30.2 Å². The van der Waals surface area contributed by atoms with E-state index in [9.17, 15) is 18.8 Å². The van der Waals surface area contributed by atoms with E-state index in [0.29, 0.717) is 42.1 Å². The van der Waals surface area contributed by atoms with Gasteiger partial charge in [-0.15, -0.1) is 0 Å². The average molecular weight is 520 g/mol. The number of pyridine rings is 1. The topological polar surface area (TPSA) is 103 Å². The van der Waals surface area contributed by atoms with Gasteiger partial charge in [0.1, 0.15) is 11.2 Å². The van der Waals surface area contributed by atoms with Gasteiger partial charge in [0.2, 0.25) is 5.91 Å². The lowest BCUT2D eigenvalue weighted by Gasteiger charge is -2.20. The molecular weight excluding hydrogens is 489 g/mol. The third kappa shape index (κ3) is 5.24. The normalized spacial score (nSPS) is 11.1. The molecule has 8 nitrogen and oxygen atoms in total. The monoisotopic (exact) mass is 519 g/mol. The highest BCUT2D eigenvalue weighted by Crippen LogP contribution is 2.36. The van der Waals surface area contributed by atoms with E-state index in [-0.39, 0.29) is 39.4 Å². The standard InChI is InChI=1S/C29H30FN3O5/c1-16-10-11-23(22(30)14-16)32-26-17(2)29(36)38-27-24(20-8-6-9-21(15-20)31-19(4)34)18(3)33(12-7-13-37-5)28(35)25(26)27/h6,8-11,14-15,32H,7,12-13H2,1-5H3,(H,31,34). The third-order valence-corrected chi connectivity index (χ3v) is 6.39. The van der Waals surface area contributed by atoms with Gasteiger partial charge >= 0.3 is 5.63 Å². The first kappa shape index (κ1) is 26.8. The maximum atomic E-state index is 14.8. The van der Waals surface area contributed by atoms with Gasteiger partial charge in [-0.2, -0.15) is 0 Å². The van der Waals surface area contributed by atoms with Crippen molar-refractivity contribution in [2.24, 2.45) is 0 Å². The van der Waals surface area contributed by atoms with Crippen LogP contribution in [0, 0.1) is 26.6 Å². The second-order valence-corrected chi connectivity index (χ2v) is 9.23. The van der Waals surface area contributed by atoms with Gasteiger partial charge in [0.15, 0.2) is 5.58 Å². The Hall–Kier alpha value is -4.24. The smallest absolute Gasteiger partial charge is 0.341 e. The first-order valence-electron chi connectivity index (χ1n) is 12.2. The largest absolute Gasteiger partial charge is 0.421 e. The highest BCUT2D eigenvalue weighted by atomic mass is 19.1. The Labute approximate surface area is 219 Å². The molecule has 0 spiro atoms. The molecule has 0 saturated carbocycles. The number of nitrogens with one attached hydrogen (secondary N) is 2. The lowest BCUT2D eigenvalue weighted by Crippen LogP contribution is -2.26. The summed E-state index contributed by atoms with van der Waals surface area (Å²) in [5.41, 5.74) is 2.55. The van der Waals surface area contributed by atoms with Crippen molar-refractivity contribution >= 4 is 33.9 Å². The van der Waals surface area contributed by atoms with Crippen molar-refractivity contribution in [3.63, 3.8) is 0 Å². The number of fused-ring (bicyclic) bond motifs is 1. The van der Waals surface area contributed by atoms with E-state index in [2.05, 4.69) is 10.6 Å². The van der Waals surface area contributed by atoms with Gasteiger partial charge in [0.05, 0.1) is 16.9 Å². The van der Waals surface area contributed by atoms with E-state index in [0.717, 1.165) is 5.56 Å². The molecule has 2 heterocycles. The van der Waals surface area contributed by atoms with Crippen LogP contribution in [0.4, 0.5) is 21.5 Å². The van der Waals surface area contributed by atoms with Crippen molar-refractivity contribution in [1.29, 1.82) is 0 Å². The van der Waals surface area contributed by atoms with Crippen LogP contribution in [0.25, 0.3) is 22.1 Å². The van der Waals surface area contributed by atoms with Crippen molar-refractivity contribution < 1.29 is 18.3 Å². The van der Waals surface area contributed by atoms with E-state index < -0.39 is 11.4 Å². The maximum Gasteiger partial charge on any atom is 0.341 e. The minimum atomic E-state index is -0.650. The van der Waals surface area contributed by atoms with Crippen LogP contribution in [0.3, 0.4) is 0 Å². The molecule has 0 radical (unpaired) electrons. The number of aryl methyl sites for hydroxylation is 1. The van der Waals surface area contributed by atoms with Crippen LogP contribution in [0.15, 0.2) is 56.5 Å². The molecule has 2 aromatic carbocycles. The van der Waals surface area contributed by atoms with Crippen molar-refractivity contribution in [2.45, 2.75) is 40.7 Å². The molecule has 2 N–H and O–H groups in total. The number of amides is 1. The van der Waals surface area contributed by atoms with E-state index in [1.807, 2.05) is 6.07 Å². The molecular formula is C29H30FN3O5. The summed E-state index contributed by atoms with van der Waals surface area (Å²) in [6.45, 7) is 7.29. The molecule has 4 aromatic rings.